The Morgan fingerprint density at radius 2 is 1.91 bits per heavy atom. The molecule has 2 unspecified atom stereocenters. The lowest BCUT2D eigenvalue weighted by molar-refractivity contribution is -0.127. The number of likely N-dealkylation sites (N-methyl/N-ethyl adjacent to an activating group) is 1. The largest absolute Gasteiger partial charge is 0.389 e. The third kappa shape index (κ3) is 4.71. The van der Waals surface area contributed by atoms with Crippen LogP contribution in [-0.2, 0) is 16.0 Å². The van der Waals surface area contributed by atoms with E-state index in [4.69, 9.17) is 4.74 Å². The van der Waals surface area contributed by atoms with Gasteiger partial charge >= 0.3 is 0 Å². The number of hydrogen-bond donors (Lipinski definition) is 2. The molecule has 0 aliphatic carbocycles. The number of nitrogens with one attached hydrogen (secondary N) is 1. The number of aromatic nitrogens is 1. The van der Waals surface area contributed by atoms with Crippen molar-refractivity contribution in [3.8, 4) is 5.69 Å². The van der Waals surface area contributed by atoms with Crippen molar-refractivity contribution in [2.24, 2.45) is 0 Å². The summed E-state index contributed by atoms with van der Waals surface area (Å²) < 4.78 is 21.1. The Morgan fingerprint density at radius 3 is 2.44 bits per heavy atom. The molecule has 0 bridgehead atoms. The Bertz CT molecular complexity index is 1040. The number of anilines is 1. The van der Waals surface area contributed by atoms with Gasteiger partial charge in [-0.05, 0) is 64.4 Å². The number of carbonyl (C=O) groups excluding carboxylic acids is 1. The monoisotopic (exact) mass is 445 g/mol. The van der Waals surface area contributed by atoms with Crippen LogP contribution in [-0.4, -0.2) is 46.9 Å². The van der Waals surface area contributed by atoms with Gasteiger partial charge in [0.05, 0.1) is 23.0 Å². The van der Waals surface area contributed by atoms with E-state index >= 15 is 0 Å². The average molecular weight is 446 g/mol. The molecule has 1 aliphatic rings. The van der Waals surface area contributed by atoms with E-state index < -0.39 is 17.7 Å². The first-order valence-corrected chi connectivity index (χ1v) is 10.9. The van der Waals surface area contributed by atoms with Crippen LogP contribution in [0.1, 0.15) is 52.0 Å². The Kier molecular flexibility index (Phi) is 6.76. The van der Waals surface area contributed by atoms with Crippen molar-refractivity contribution in [3.63, 3.8) is 0 Å². The molecule has 0 saturated heterocycles. The predicted molar refractivity (Wildman–Crippen MR) is 122 cm³/mol. The summed E-state index contributed by atoms with van der Waals surface area (Å²) in [6, 6.07) is 6.88. The fourth-order valence-electron chi connectivity index (χ4n) is 4.02. The van der Waals surface area contributed by atoms with E-state index in [1.807, 2.05) is 26.8 Å². The zero-order chi connectivity index (χ0) is 23.8. The van der Waals surface area contributed by atoms with Crippen LogP contribution < -0.4 is 15.8 Å². The maximum absolute atomic E-state index is 13.7. The summed E-state index contributed by atoms with van der Waals surface area (Å²) in [5, 5.41) is 12.8. The number of rotatable bonds is 7. The first-order chi connectivity index (χ1) is 14.9. The topological polar surface area (TPSA) is 83.8 Å². The summed E-state index contributed by atoms with van der Waals surface area (Å²) in [4.78, 5) is 28.6. The molecule has 2 N–H and O–H groups in total. The molecule has 0 saturated carbocycles. The summed E-state index contributed by atoms with van der Waals surface area (Å²) in [5.74, 6) is -0.715. The SMILES string of the molecule is CCc1cc2c(c(=O)n1-c1ccc(F)cc1)C(OC(C)C)C(C(=O)NCC(C)(C)O)N2C. The highest BCUT2D eigenvalue weighted by Crippen LogP contribution is 2.40. The van der Waals surface area contributed by atoms with Crippen LogP contribution in [0.15, 0.2) is 35.1 Å². The number of hydrogen-bond acceptors (Lipinski definition) is 5. The molecule has 0 fully saturated rings. The van der Waals surface area contributed by atoms with Crippen LogP contribution in [0.3, 0.4) is 0 Å². The van der Waals surface area contributed by atoms with Gasteiger partial charge in [-0.2, -0.15) is 0 Å². The van der Waals surface area contributed by atoms with Crippen LogP contribution >= 0.6 is 0 Å². The van der Waals surface area contributed by atoms with Crippen LogP contribution in [0.25, 0.3) is 5.69 Å². The molecule has 32 heavy (non-hydrogen) atoms. The van der Waals surface area contributed by atoms with Gasteiger partial charge in [-0.15, -0.1) is 0 Å². The van der Waals surface area contributed by atoms with Gasteiger partial charge in [0, 0.05) is 25.0 Å². The van der Waals surface area contributed by atoms with Crippen molar-refractivity contribution in [1.29, 1.82) is 0 Å². The maximum atomic E-state index is 13.7. The zero-order valence-corrected chi connectivity index (χ0v) is 19.5. The summed E-state index contributed by atoms with van der Waals surface area (Å²) in [5.41, 5.74) is 0.968. The van der Waals surface area contributed by atoms with Crippen molar-refractivity contribution < 1.29 is 19.0 Å². The lowest BCUT2D eigenvalue weighted by Crippen LogP contribution is -2.49. The van der Waals surface area contributed by atoms with E-state index in [0.29, 0.717) is 23.4 Å². The fraction of sp³-hybridized carbons (Fsp3) is 0.500. The van der Waals surface area contributed by atoms with Gasteiger partial charge in [-0.1, -0.05) is 6.92 Å². The van der Waals surface area contributed by atoms with Gasteiger partial charge in [0.25, 0.3) is 5.56 Å². The third-order valence-corrected chi connectivity index (χ3v) is 5.50. The van der Waals surface area contributed by atoms with Gasteiger partial charge in [0.1, 0.15) is 18.0 Å². The number of halogens is 1. The fourth-order valence-corrected chi connectivity index (χ4v) is 4.02. The second-order valence-electron chi connectivity index (χ2n) is 9.10. The molecule has 1 aromatic carbocycles. The number of nitrogens with zero attached hydrogens (tertiary/aromatic N) is 2. The predicted octanol–water partition coefficient (Wildman–Crippen LogP) is 2.71. The number of benzene rings is 1. The van der Waals surface area contributed by atoms with Crippen molar-refractivity contribution in [1.82, 2.24) is 9.88 Å². The number of fused-ring (bicyclic) bond motifs is 1. The van der Waals surface area contributed by atoms with E-state index in [2.05, 4.69) is 5.32 Å². The van der Waals surface area contributed by atoms with Crippen LogP contribution in [0, 0.1) is 5.82 Å². The Hall–Kier alpha value is -2.71. The Balaban J connectivity index is 2.14. The molecule has 1 aromatic heterocycles. The van der Waals surface area contributed by atoms with Gasteiger partial charge in [0.15, 0.2) is 0 Å². The van der Waals surface area contributed by atoms with Crippen molar-refractivity contribution in [2.75, 3.05) is 18.5 Å². The van der Waals surface area contributed by atoms with Crippen molar-refractivity contribution >= 4 is 11.6 Å². The molecule has 8 heteroatoms. The van der Waals surface area contributed by atoms with Gasteiger partial charge < -0.3 is 20.1 Å². The molecule has 2 heterocycles. The van der Waals surface area contributed by atoms with Crippen LogP contribution in [0.2, 0.25) is 0 Å². The summed E-state index contributed by atoms with van der Waals surface area (Å²) in [7, 11) is 1.76. The number of carbonyl (C=O) groups is 1. The van der Waals surface area contributed by atoms with Crippen molar-refractivity contribution in [3.05, 3.63) is 57.8 Å². The van der Waals surface area contributed by atoms with Gasteiger partial charge in [0.2, 0.25) is 5.91 Å². The molecule has 2 aromatic rings. The molecule has 174 valence electrons. The molecule has 3 rings (SSSR count). The highest BCUT2D eigenvalue weighted by molar-refractivity contribution is 5.89. The maximum Gasteiger partial charge on any atom is 0.263 e. The summed E-state index contributed by atoms with van der Waals surface area (Å²) >= 11 is 0. The molecule has 1 aliphatic heterocycles. The first-order valence-electron chi connectivity index (χ1n) is 10.9. The second-order valence-corrected chi connectivity index (χ2v) is 9.10. The third-order valence-electron chi connectivity index (χ3n) is 5.50. The Labute approximate surface area is 187 Å². The summed E-state index contributed by atoms with van der Waals surface area (Å²) in [6.07, 6.45) is -0.450. The minimum absolute atomic E-state index is 0.0704. The highest BCUT2D eigenvalue weighted by atomic mass is 19.1. The van der Waals surface area contributed by atoms with E-state index in [1.165, 1.54) is 12.1 Å². The quantitative estimate of drug-likeness (QED) is 0.685. The molecule has 0 spiro atoms. The number of aliphatic hydroxyl groups is 1. The molecular weight excluding hydrogens is 413 g/mol. The van der Waals surface area contributed by atoms with E-state index in [-0.39, 0.29) is 29.9 Å². The van der Waals surface area contributed by atoms with E-state index in [9.17, 15) is 19.1 Å². The van der Waals surface area contributed by atoms with Crippen molar-refractivity contribution in [2.45, 2.75) is 64.9 Å². The average Bonchev–Trinajstić information content (AvgIpc) is 2.97. The minimum atomic E-state index is -1.07. The number of amides is 1. The number of aryl methyl sites for hydroxylation is 1. The number of ether oxygens (including phenoxy) is 1. The summed E-state index contributed by atoms with van der Waals surface area (Å²) in [6.45, 7) is 8.92. The highest BCUT2D eigenvalue weighted by Gasteiger charge is 2.45. The minimum Gasteiger partial charge on any atom is -0.389 e. The van der Waals surface area contributed by atoms with Crippen LogP contribution in [0.5, 0.6) is 0 Å². The van der Waals surface area contributed by atoms with E-state index in [0.717, 1.165) is 5.69 Å². The zero-order valence-electron chi connectivity index (χ0n) is 19.5. The standard InChI is InChI=1S/C24H32FN3O4/c1-7-16-12-18-19(23(30)28(16)17-10-8-15(25)9-11-17)21(32-14(2)3)20(27(18)6)22(29)26-13-24(4,5)31/h8-12,14,20-21,31H,7,13H2,1-6H3,(H,26,29). The molecule has 7 nitrogen and oxygen atoms in total. The number of pyridine rings is 1. The molecular formula is C24H32FN3O4. The van der Waals surface area contributed by atoms with Gasteiger partial charge in [-0.25, -0.2) is 4.39 Å². The lowest BCUT2D eigenvalue weighted by atomic mass is 10.0. The van der Waals surface area contributed by atoms with Crippen LogP contribution in [0.4, 0.5) is 10.1 Å². The molecule has 1 amide bonds. The molecule has 0 radical (unpaired) electrons. The first kappa shape index (κ1) is 23.9. The van der Waals surface area contributed by atoms with E-state index in [1.54, 1.807) is 42.5 Å². The smallest absolute Gasteiger partial charge is 0.263 e. The second kappa shape index (κ2) is 9.03. The Morgan fingerprint density at radius 1 is 1.28 bits per heavy atom. The molecule has 2 atom stereocenters. The normalized spacial score (nSPS) is 18.2. The van der Waals surface area contributed by atoms with Gasteiger partial charge in [-0.3, -0.25) is 14.2 Å². The lowest BCUT2D eigenvalue weighted by Gasteiger charge is -2.28.